The molecule has 0 radical (unpaired) electrons. The minimum absolute atomic E-state index is 0.0132. The maximum absolute atomic E-state index is 14.8. The van der Waals surface area contributed by atoms with Gasteiger partial charge in [0.15, 0.2) is 11.6 Å². The van der Waals surface area contributed by atoms with Crippen molar-refractivity contribution in [1.29, 1.82) is 0 Å². The first kappa shape index (κ1) is 51.5. The van der Waals surface area contributed by atoms with Crippen molar-refractivity contribution in [3.63, 3.8) is 0 Å². The standard InChI is InChI=1S/C56H65FO10/c1-3-5-7-9-11-12-13-14-15-16-18-20-39-63-52-37-30-45(40-51(52)57)56(61)65-48-35-28-44(29-36-48)55(60)67-50-23-21-22-49(41-50)66-54(59)43-26-33-47(34-27-43)64-53(58)42-24-31-46(32-25-42)62-38-19-17-10-8-6-4-2/h21-37,40-41H,3-20,38-39H2,1-2H3. The first-order chi connectivity index (χ1) is 32.7. The maximum atomic E-state index is 14.8. The SMILES string of the molecule is CCCCCCCCCCCCCCOc1ccc(C(=O)Oc2ccc(C(=O)Oc3cccc(OC(=O)c4ccc(OC(=O)c5ccc(OCCCCCCCC)cc5)cc4)c3)cc2)cc1F. The molecule has 0 atom stereocenters. The molecule has 0 aliphatic carbocycles. The summed E-state index contributed by atoms with van der Waals surface area (Å²) >= 11 is 0. The van der Waals surface area contributed by atoms with Crippen LogP contribution < -0.4 is 28.4 Å². The minimum Gasteiger partial charge on any atom is -0.494 e. The number of ether oxygens (including phenoxy) is 6. The van der Waals surface area contributed by atoms with Crippen LogP contribution >= 0.6 is 0 Å². The van der Waals surface area contributed by atoms with E-state index in [9.17, 15) is 23.6 Å². The lowest BCUT2D eigenvalue weighted by atomic mass is 10.1. The zero-order chi connectivity index (χ0) is 47.5. The van der Waals surface area contributed by atoms with Crippen LogP contribution in [-0.4, -0.2) is 37.1 Å². The van der Waals surface area contributed by atoms with Crippen LogP contribution in [0.25, 0.3) is 0 Å². The molecule has 0 amide bonds. The summed E-state index contributed by atoms with van der Waals surface area (Å²) in [5.41, 5.74) is 0.731. The third-order valence-corrected chi connectivity index (χ3v) is 11.1. The molecule has 67 heavy (non-hydrogen) atoms. The first-order valence-corrected chi connectivity index (χ1v) is 24.1. The molecular formula is C56H65FO10. The topological polar surface area (TPSA) is 124 Å². The second-order valence-corrected chi connectivity index (χ2v) is 16.6. The second-order valence-electron chi connectivity index (χ2n) is 16.6. The molecule has 11 heteroatoms. The fourth-order valence-electron chi connectivity index (χ4n) is 7.21. The monoisotopic (exact) mass is 916 g/mol. The molecular weight excluding hydrogens is 852 g/mol. The van der Waals surface area contributed by atoms with Crippen molar-refractivity contribution in [2.24, 2.45) is 0 Å². The number of esters is 4. The van der Waals surface area contributed by atoms with E-state index in [0.29, 0.717) is 24.5 Å². The fourth-order valence-corrected chi connectivity index (χ4v) is 7.21. The average Bonchev–Trinajstić information content (AvgIpc) is 3.33. The molecule has 5 aromatic rings. The van der Waals surface area contributed by atoms with E-state index < -0.39 is 29.7 Å². The van der Waals surface area contributed by atoms with Gasteiger partial charge >= 0.3 is 23.9 Å². The van der Waals surface area contributed by atoms with Crippen LogP contribution in [0.4, 0.5) is 4.39 Å². The van der Waals surface area contributed by atoms with Crippen LogP contribution in [-0.2, 0) is 0 Å². The Bertz CT molecular complexity index is 2270. The summed E-state index contributed by atoms with van der Waals surface area (Å²) in [7, 11) is 0. The molecule has 5 aromatic carbocycles. The summed E-state index contributed by atoms with van der Waals surface area (Å²) in [4.78, 5) is 51.5. The van der Waals surface area contributed by atoms with Crippen LogP contribution in [0, 0.1) is 5.82 Å². The van der Waals surface area contributed by atoms with Crippen molar-refractivity contribution in [3.8, 4) is 34.5 Å². The van der Waals surface area contributed by atoms with Gasteiger partial charge in [0.25, 0.3) is 0 Å². The first-order valence-electron chi connectivity index (χ1n) is 24.1. The van der Waals surface area contributed by atoms with Crippen molar-refractivity contribution < 1.29 is 52.0 Å². The number of halogens is 1. The third-order valence-electron chi connectivity index (χ3n) is 11.1. The van der Waals surface area contributed by atoms with Gasteiger partial charge in [-0.2, -0.15) is 0 Å². The van der Waals surface area contributed by atoms with Crippen molar-refractivity contribution in [1.82, 2.24) is 0 Å². The van der Waals surface area contributed by atoms with E-state index in [0.717, 1.165) is 38.2 Å². The molecule has 5 rings (SSSR count). The molecule has 0 aliphatic rings. The van der Waals surface area contributed by atoms with Gasteiger partial charge in [-0.25, -0.2) is 23.6 Å². The highest BCUT2D eigenvalue weighted by Crippen LogP contribution is 2.25. The summed E-state index contributed by atoms with van der Waals surface area (Å²) in [6, 6.07) is 28.4. The highest BCUT2D eigenvalue weighted by atomic mass is 19.1. The molecule has 0 unspecified atom stereocenters. The van der Waals surface area contributed by atoms with E-state index in [4.69, 9.17) is 28.4 Å². The van der Waals surface area contributed by atoms with Gasteiger partial charge in [0.05, 0.1) is 35.5 Å². The molecule has 0 N–H and O–H groups in total. The Kier molecular flexibility index (Phi) is 22.5. The van der Waals surface area contributed by atoms with Gasteiger partial charge in [-0.15, -0.1) is 0 Å². The van der Waals surface area contributed by atoms with Crippen molar-refractivity contribution >= 4 is 23.9 Å². The molecule has 0 aromatic heterocycles. The number of hydrogen-bond acceptors (Lipinski definition) is 10. The quantitative estimate of drug-likeness (QED) is 0.0250. The van der Waals surface area contributed by atoms with Gasteiger partial charge in [-0.05, 0) is 116 Å². The molecule has 0 heterocycles. The van der Waals surface area contributed by atoms with Gasteiger partial charge in [-0.3, -0.25) is 0 Å². The Balaban J connectivity index is 0.995. The van der Waals surface area contributed by atoms with E-state index >= 15 is 0 Å². The highest BCUT2D eigenvalue weighted by molar-refractivity contribution is 5.94. The normalized spacial score (nSPS) is 10.9. The van der Waals surface area contributed by atoms with E-state index in [1.54, 1.807) is 30.3 Å². The van der Waals surface area contributed by atoms with E-state index in [2.05, 4.69) is 13.8 Å². The second kappa shape index (κ2) is 29.2. The number of benzene rings is 5. The van der Waals surface area contributed by atoms with Gasteiger partial charge in [0.1, 0.15) is 28.7 Å². The van der Waals surface area contributed by atoms with Gasteiger partial charge < -0.3 is 28.4 Å². The van der Waals surface area contributed by atoms with E-state index in [-0.39, 0.29) is 45.4 Å². The van der Waals surface area contributed by atoms with Crippen molar-refractivity contribution in [2.45, 2.75) is 129 Å². The lowest BCUT2D eigenvalue weighted by Gasteiger charge is -2.10. The van der Waals surface area contributed by atoms with Crippen LogP contribution in [0.3, 0.4) is 0 Å². The number of carbonyl (C=O) groups is 4. The average molecular weight is 917 g/mol. The third kappa shape index (κ3) is 18.7. The molecule has 10 nitrogen and oxygen atoms in total. The summed E-state index contributed by atoms with van der Waals surface area (Å²) in [6.07, 6.45) is 21.8. The highest BCUT2D eigenvalue weighted by Gasteiger charge is 2.16. The van der Waals surface area contributed by atoms with Gasteiger partial charge in [0, 0.05) is 6.07 Å². The molecule has 0 bridgehead atoms. The van der Waals surface area contributed by atoms with Crippen LogP contribution in [0.5, 0.6) is 34.5 Å². The lowest BCUT2D eigenvalue weighted by Crippen LogP contribution is -2.11. The maximum Gasteiger partial charge on any atom is 0.343 e. The van der Waals surface area contributed by atoms with Crippen LogP contribution in [0.15, 0.2) is 115 Å². The number of unbranched alkanes of at least 4 members (excludes halogenated alkanes) is 16. The number of rotatable bonds is 30. The Morgan fingerprint density at radius 3 is 1.12 bits per heavy atom. The van der Waals surface area contributed by atoms with Crippen LogP contribution in [0.1, 0.15) is 171 Å². The Morgan fingerprint density at radius 1 is 0.358 bits per heavy atom. The largest absolute Gasteiger partial charge is 0.494 e. The summed E-state index contributed by atoms with van der Waals surface area (Å²) < 4.78 is 48.2. The molecule has 356 valence electrons. The number of carbonyl (C=O) groups excluding carboxylic acids is 4. The van der Waals surface area contributed by atoms with E-state index in [1.807, 2.05) is 0 Å². The van der Waals surface area contributed by atoms with E-state index in [1.165, 1.54) is 162 Å². The minimum atomic E-state index is -0.769. The summed E-state index contributed by atoms with van der Waals surface area (Å²) in [6.45, 7) is 5.46. The smallest absolute Gasteiger partial charge is 0.343 e. The molecule has 0 saturated carbocycles. The molecule has 0 saturated heterocycles. The zero-order valence-corrected chi connectivity index (χ0v) is 39.1. The lowest BCUT2D eigenvalue weighted by molar-refractivity contribution is 0.0723. The predicted octanol–water partition coefficient (Wildman–Crippen LogP) is 14.5. The van der Waals surface area contributed by atoms with Crippen molar-refractivity contribution in [3.05, 3.63) is 143 Å². The Labute approximate surface area is 395 Å². The molecule has 0 aliphatic heterocycles. The molecule has 0 fully saturated rings. The summed E-state index contributed by atoms with van der Waals surface area (Å²) in [5, 5.41) is 0. The van der Waals surface area contributed by atoms with Crippen molar-refractivity contribution in [2.75, 3.05) is 13.2 Å². The number of hydrogen-bond donors (Lipinski definition) is 0. The Morgan fingerprint density at radius 2 is 0.701 bits per heavy atom. The van der Waals surface area contributed by atoms with Gasteiger partial charge in [-0.1, -0.05) is 123 Å². The fraction of sp³-hybridized carbons (Fsp3) is 0.393. The summed E-state index contributed by atoms with van der Waals surface area (Å²) in [5.74, 6) is -1.95. The van der Waals surface area contributed by atoms with Gasteiger partial charge in [0.2, 0.25) is 0 Å². The Hall–Kier alpha value is -6.49. The molecule has 0 spiro atoms. The van der Waals surface area contributed by atoms with Crippen LogP contribution in [0.2, 0.25) is 0 Å². The predicted molar refractivity (Wildman–Crippen MR) is 257 cm³/mol. The zero-order valence-electron chi connectivity index (χ0n) is 39.1.